The van der Waals surface area contributed by atoms with E-state index in [9.17, 15) is 0 Å². The molecule has 0 unspecified atom stereocenters. The first-order valence-corrected chi connectivity index (χ1v) is 6.93. The Morgan fingerprint density at radius 3 is 2.80 bits per heavy atom. The zero-order valence-electron chi connectivity index (χ0n) is 11.2. The van der Waals surface area contributed by atoms with Gasteiger partial charge in [-0.15, -0.1) is 0 Å². The summed E-state index contributed by atoms with van der Waals surface area (Å²) in [5.41, 5.74) is 3.35. The molecule has 0 aliphatic heterocycles. The van der Waals surface area contributed by atoms with Gasteiger partial charge in [-0.25, -0.2) is 0 Å². The quantitative estimate of drug-likeness (QED) is 0.746. The number of benzene rings is 2. The fourth-order valence-electron chi connectivity index (χ4n) is 2.20. The molecule has 20 heavy (non-hydrogen) atoms. The van der Waals surface area contributed by atoms with Crippen molar-refractivity contribution in [1.82, 2.24) is 4.98 Å². The van der Waals surface area contributed by atoms with Crippen LogP contribution in [0, 0.1) is 6.92 Å². The molecule has 3 rings (SSSR count). The van der Waals surface area contributed by atoms with E-state index in [1.54, 1.807) is 0 Å². The lowest BCUT2D eigenvalue weighted by Gasteiger charge is -2.09. The van der Waals surface area contributed by atoms with Crippen LogP contribution in [0.2, 0.25) is 5.02 Å². The standard InChI is InChI=1S/C17H15ClN2/c1-12-2-5-17(16(18)8-12)20-10-13-3-4-15-11-19-7-6-14(15)9-13/h2-9,11,20H,10H2,1H3. The Hall–Kier alpha value is -2.06. The smallest absolute Gasteiger partial charge is 0.0640 e. The number of aromatic nitrogens is 1. The third-order valence-electron chi connectivity index (χ3n) is 3.31. The second kappa shape index (κ2) is 5.51. The maximum atomic E-state index is 6.22. The molecule has 0 amide bonds. The van der Waals surface area contributed by atoms with Crippen molar-refractivity contribution in [2.24, 2.45) is 0 Å². The maximum Gasteiger partial charge on any atom is 0.0640 e. The number of nitrogens with one attached hydrogen (secondary N) is 1. The Morgan fingerprint density at radius 1 is 1.05 bits per heavy atom. The van der Waals surface area contributed by atoms with Gasteiger partial charge < -0.3 is 5.32 Å². The zero-order valence-corrected chi connectivity index (χ0v) is 12.0. The first-order chi connectivity index (χ1) is 9.72. The molecule has 0 aliphatic carbocycles. The van der Waals surface area contributed by atoms with Crippen molar-refractivity contribution >= 4 is 28.1 Å². The number of anilines is 1. The number of rotatable bonds is 3. The fourth-order valence-corrected chi connectivity index (χ4v) is 2.51. The fraction of sp³-hybridized carbons (Fsp3) is 0.118. The first-order valence-electron chi connectivity index (χ1n) is 6.55. The van der Waals surface area contributed by atoms with Crippen LogP contribution in [-0.2, 0) is 6.54 Å². The number of hydrogen-bond acceptors (Lipinski definition) is 2. The van der Waals surface area contributed by atoms with E-state index in [1.807, 2.05) is 37.5 Å². The van der Waals surface area contributed by atoms with Crippen molar-refractivity contribution in [3.8, 4) is 0 Å². The van der Waals surface area contributed by atoms with Gasteiger partial charge in [-0.2, -0.15) is 0 Å². The zero-order chi connectivity index (χ0) is 13.9. The summed E-state index contributed by atoms with van der Waals surface area (Å²) in [4.78, 5) is 4.12. The molecule has 1 heterocycles. The Balaban J connectivity index is 1.79. The van der Waals surface area contributed by atoms with Crippen molar-refractivity contribution in [2.45, 2.75) is 13.5 Å². The molecule has 0 aliphatic rings. The summed E-state index contributed by atoms with van der Waals surface area (Å²) in [6.07, 6.45) is 3.69. The van der Waals surface area contributed by atoms with Crippen LogP contribution in [-0.4, -0.2) is 4.98 Å². The molecule has 0 fully saturated rings. The van der Waals surface area contributed by atoms with Gasteiger partial charge in [-0.05, 0) is 47.7 Å². The monoisotopic (exact) mass is 282 g/mol. The molecule has 0 radical (unpaired) electrons. The Labute approximate surface area is 123 Å². The normalized spacial score (nSPS) is 10.7. The van der Waals surface area contributed by atoms with Crippen molar-refractivity contribution in [3.05, 3.63) is 71.0 Å². The summed E-state index contributed by atoms with van der Waals surface area (Å²) in [5.74, 6) is 0. The van der Waals surface area contributed by atoms with E-state index in [0.717, 1.165) is 22.6 Å². The van der Waals surface area contributed by atoms with Crippen LogP contribution >= 0.6 is 11.6 Å². The van der Waals surface area contributed by atoms with Crippen LogP contribution in [0.25, 0.3) is 10.8 Å². The molecule has 0 bridgehead atoms. The summed E-state index contributed by atoms with van der Waals surface area (Å²) in [6, 6.07) is 14.4. The van der Waals surface area contributed by atoms with Gasteiger partial charge in [-0.3, -0.25) is 4.98 Å². The topological polar surface area (TPSA) is 24.9 Å². The number of pyridine rings is 1. The van der Waals surface area contributed by atoms with Gasteiger partial charge in [0.1, 0.15) is 0 Å². The van der Waals surface area contributed by atoms with Crippen LogP contribution in [0.1, 0.15) is 11.1 Å². The lowest BCUT2D eigenvalue weighted by molar-refractivity contribution is 1.15. The molecule has 3 heteroatoms. The lowest BCUT2D eigenvalue weighted by atomic mass is 10.1. The van der Waals surface area contributed by atoms with Crippen LogP contribution in [0.15, 0.2) is 54.9 Å². The molecule has 0 saturated carbocycles. The molecule has 3 aromatic rings. The molecule has 0 atom stereocenters. The van der Waals surface area contributed by atoms with E-state index in [-0.39, 0.29) is 0 Å². The number of hydrogen-bond donors (Lipinski definition) is 1. The summed E-state index contributed by atoms with van der Waals surface area (Å²) in [6.45, 7) is 2.79. The highest BCUT2D eigenvalue weighted by Gasteiger charge is 2.01. The predicted octanol–water partition coefficient (Wildman–Crippen LogP) is 4.81. The highest BCUT2D eigenvalue weighted by Crippen LogP contribution is 2.23. The molecular weight excluding hydrogens is 268 g/mol. The third kappa shape index (κ3) is 2.75. The third-order valence-corrected chi connectivity index (χ3v) is 3.63. The average Bonchev–Trinajstić information content (AvgIpc) is 2.46. The second-order valence-corrected chi connectivity index (χ2v) is 5.30. The van der Waals surface area contributed by atoms with E-state index in [0.29, 0.717) is 0 Å². The Bertz CT molecular complexity index is 753. The minimum absolute atomic E-state index is 0.751. The number of halogens is 1. The van der Waals surface area contributed by atoms with E-state index in [4.69, 9.17) is 11.6 Å². The summed E-state index contributed by atoms with van der Waals surface area (Å²) in [7, 11) is 0. The van der Waals surface area contributed by atoms with Gasteiger partial charge >= 0.3 is 0 Å². The van der Waals surface area contributed by atoms with Crippen LogP contribution in [0.4, 0.5) is 5.69 Å². The van der Waals surface area contributed by atoms with Crippen LogP contribution in [0.3, 0.4) is 0 Å². The minimum atomic E-state index is 0.751. The lowest BCUT2D eigenvalue weighted by Crippen LogP contribution is -2.00. The molecule has 100 valence electrons. The number of aryl methyl sites for hydroxylation is 1. The summed E-state index contributed by atoms with van der Waals surface area (Å²) in [5, 5.41) is 6.49. The predicted molar refractivity (Wildman–Crippen MR) is 85.3 cm³/mol. The average molecular weight is 283 g/mol. The Kier molecular flexibility index (Phi) is 3.57. The van der Waals surface area contributed by atoms with Gasteiger partial charge in [0, 0.05) is 24.3 Å². The largest absolute Gasteiger partial charge is 0.380 e. The maximum absolute atomic E-state index is 6.22. The molecule has 0 spiro atoms. The van der Waals surface area contributed by atoms with E-state index in [2.05, 4.69) is 34.6 Å². The highest BCUT2D eigenvalue weighted by molar-refractivity contribution is 6.33. The van der Waals surface area contributed by atoms with Gasteiger partial charge in [0.05, 0.1) is 10.7 Å². The number of fused-ring (bicyclic) bond motifs is 1. The van der Waals surface area contributed by atoms with Gasteiger partial charge in [0.2, 0.25) is 0 Å². The van der Waals surface area contributed by atoms with Crippen molar-refractivity contribution in [2.75, 3.05) is 5.32 Å². The van der Waals surface area contributed by atoms with Crippen LogP contribution in [0.5, 0.6) is 0 Å². The first kappa shape index (κ1) is 12.9. The molecule has 1 aromatic heterocycles. The van der Waals surface area contributed by atoms with Crippen LogP contribution < -0.4 is 5.32 Å². The van der Waals surface area contributed by atoms with Gasteiger partial charge in [-0.1, -0.05) is 29.8 Å². The molecule has 0 saturated heterocycles. The van der Waals surface area contributed by atoms with Crippen molar-refractivity contribution < 1.29 is 0 Å². The molecule has 2 aromatic carbocycles. The minimum Gasteiger partial charge on any atom is -0.380 e. The molecule has 1 N–H and O–H groups in total. The van der Waals surface area contributed by atoms with Gasteiger partial charge in [0.25, 0.3) is 0 Å². The SMILES string of the molecule is Cc1ccc(NCc2ccc3cnccc3c2)c(Cl)c1. The van der Waals surface area contributed by atoms with E-state index >= 15 is 0 Å². The van der Waals surface area contributed by atoms with Crippen molar-refractivity contribution in [1.29, 1.82) is 0 Å². The molecule has 2 nitrogen and oxygen atoms in total. The highest BCUT2D eigenvalue weighted by atomic mass is 35.5. The van der Waals surface area contributed by atoms with Gasteiger partial charge in [0.15, 0.2) is 0 Å². The van der Waals surface area contributed by atoms with E-state index in [1.165, 1.54) is 16.5 Å². The Morgan fingerprint density at radius 2 is 1.95 bits per heavy atom. The second-order valence-electron chi connectivity index (χ2n) is 4.89. The van der Waals surface area contributed by atoms with E-state index < -0.39 is 0 Å². The molecular formula is C17H15ClN2. The van der Waals surface area contributed by atoms with Crippen molar-refractivity contribution in [3.63, 3.8) is 0 Å². The summed E-state index contributed by atoms with van der Waals surface area (Å²) < 4.78 is 0. The number of nitrogens with zero attached hydrogens (tertiary/aromatic N) is 1. The summed E-state index contributed by atoms with van der Waals surface area (Å²) >= 11 is 6.22.